The minimum atomic E-state index is -0.0849. The maximum Gasteiger partial charge on any atom is 0.307 e. The molecule has 0 rings (SSSR count). The van der Waals surface area contributed by atoms with E-state index < -0.39 is 0 Å². The molecule has 0 aromatic carbocycles. The van der Waals surface area contributed by atoms with Gasteiger partial charge in [-0.3, -0.25) is 4.79 Å². The molecule has 0 atom stereocenters. The molecule has 0 saturated heterocycles. The highest BCUT2D eigenvalue weighted by molar-refractivity contribution is 5.69. The van der Waals surface area contributed by atoms with Gasteiger partial charge in [-0.25, -0.2) is 0 Å². The summed E-state index contributed by atoms with van der Waals surface area (Å²) in [7, 11) is 0. The Morgan fingerprint density at radius 3 is 1.88 bits per heavy atom. The van der Waals surface area contributed by atoms with E-state index in [9.17, 15) is 4.79 Å². The van der Waals surface area contributed by atoms with Crippen molar-refractivity contribution in [1.82, 2.24) is 5.32 Å². The van der Waals surface area contributed by atoms with Gasteiger partial charge in [0.15, 0.2) is 0 Å². The molecule has 0 aromatic rings. The summed E-state index contributed by atoms with van der Waals surface area (Å²) in [6, 6.07) is 0. The molecule has 4 nitrogen and oxygen atoms in total. The molecule has 0 aliphatic heterocycles. The lowest BCUT2D eigenvalue weighted by atomic mass is 10.1. The van der Waals surface area contributed by atoms with Crippen molar-refractivity contribution >= 4 is 5.97 Å². The van der Waals surface area contributed by atoms with Crippen molar-refractivity contribution < 1.29 is 9.53 Å². The van der Waals surface area contributed by atoms with Gasteiger partial charge < -0.3 is 15.8 Å². The lowest BCUT2D eigenvalue weighted by Crippen LogP contribution is -2.22. The van der Waals surface area contributed by atoms with Crippen LogP contribution in [-0.2, 0) is 9.53 Å². The van der Waals surface area contributed by atoms with Gasteiger partial charge in [0, 0.05) is 6.54 Å². The summed E-state index contributed by atoms with van der Waals surface area (Å²) in [6.45, 7) is 5.11. The topological polar surface area (TPSA) is 64.3 Å². The number of hydrogen-bond acceptors (Lipinski definition) is 4. The zero-order valence-electron chi connectivity index (χ0n) is 16.1. The maximum absolute atomic E-state index is 11.5. The molecule has 0 spiro atoms. The smallest absolute Gasteiger partial charge is 0.307 e. The number of unbranched alkanes of at least 4 members (excludes halogenated alkanes) is 11. The Bertz CT molecular complexity index is 260. The van der Waals surface area contributed by atoms with Crippen molar-refractivity contribution in [2.75, 3.05) is 26.2 Å². The Balaban J connectivity index is 3.10. The largest absolute Gasteiger partial charge is 0.466 e. The highest BCUT2D eigenvalue weighted by Crippen LogP contribution is 2.11. The summed E-state index contributed by atoms with van der Waals surface area (Å²) < 4.78 is 5.24. The quantitative estimate of drug-likeness (QED) is 0.267. The van der Waals surface area contributed by atoms with E-state index in [-0.39, 0.29) is 5.97 Å². The molecule has 0 aliphatic rings. The molecule has 24 heavy (non-hydrogen) atoms. The maximum atomic E-state index is 11.5. The van der Waals surface area contributed by atoms with Gasteiger partial charge in [-0.05, 0) is 25.9 Å². The molecule has 3 N–H and O–H groups in total. The van der Waals surface area contributed by atoms with Crippen molar-refractivity contribution in [3.8, 4) is 0 Å². The number of nitrogens with two attached hydrogens (primary N) is 1. The van der Waals surface area contributed by atoms with Crippen molar-refractivity contribution in [3.05, 3.63) is 0 Å². The van der Waals surface area contributed by atoms with Gasteiger partial charge in [0.2, 0.25) is 0 Å². The van der Waals surface area contributed by atoms with Crippen LogP contribution in [0.4, 0.5) is 0 Å². The Hall–Kier alpha value is -0.610. The third-order valence-corrected chi connectivity index (χ3v) is 4.32. The SMILES string of the molecule is CCCCCCCCCCCCCCOC(=O)CCNCCCN. The van der Waals surface area contributed by atoms with E-state index in [1.165, 1.54) is 70.6 Å². The Morgan fingerprint density at radius 2 is 1.33 bits per heavy atom. The van der Waals surface area contributed by atoms with Gasteiger partial charge in [-0.2, -0.15) is 0 Å². The molecule has 0 bridgehead atoms. The second-order valence-electron chi connectivity index (χ2n) is 6.75. The number of rotatable bonds is 19. The molecule has 0 unspecified atom stereocenters. The third kappa shape index (κ3) is 19.4. The highest BCUT2D eigenvalue weighted by atomic mass is 16.5. The highest BCUT2D eigenvalue weighted by Gasteiger charge is 2.01. The predicted octanol–water partition coefficient (Wildman–Crippen LogP) is 4.56. The second-order valence-corrected chi connectivity index (χ2v) is 6.75. The molecule has 0 fully saturated rings. The van der Waals surface area contributed by atoms with E-state index in [0.717, 1.165) is 19.4 Å². The summed E-state index contributed by atoms with van der Waals surface area (Å²) in [5.41, 5.74) is 5.40. The van der Waals surface area contributed by atoms with Crippen LogP contribution in [-0.4, -0.2) is 32.2 Å². The van der Waals surface area contributed by atoms with Crippen LogP contribution in [0.5, 0.6) is 0 Å². The van der Waals surface area contributed by atoms with Crippen molar-refractivity contribution in [1.29, 1.82) is 0 Å². The van der Waals surface area contributed by atoms with Gasteiger partial charge in [-0.1, -0.05) is 77.6 Å². The van der Waals surface area contributed by atoms with Crippen LogP contribution in [0.25, 0.3) is 0 Å². The Morgan fingerprint density at radius 1 is 0.792 bits per heavy atom. The zero-order chi connectivity index (χ0) is 17.7. The molecule has 0 radical (unpaired) electrons. The van der Waals surface area contributed by atoms with E-state index >= 15 is 0 Å². The summed E-state index contributed by atoms with van der Waals surface area (Å²) in [4.78, 5) is 11.5. The molecular formula is C20H42N2O2. The number of ether oxygens (including phenoxy) is 1. The van der Waals surface area contributed by atoms with E-state index in [4.69, 9.17) is 10.5 Å². The molecule has 0 heterocycles. The van der Waals surface area contributed by atoms with E-state index in [1.54, 1.807) is 0 Å². The fourth-order valence-electron chi connectivity index (χ4n) is 2.74. The molecule has 0 aromatic heterocycles. The minimum Gasteiger partial charge on any atom is -0.466 e. The van der Waals surface area contributed by atoms with Crippen LogP contribution < -0.4 is 11.1 Å². The molecule has 4 heteroatoms. The molecular weight excluding hydrogens is 300 g/mol. The summed E-state index contributed by atoms with van der Waals surface area (Å²) in [6.07, 6.45) is 17.3. The summed E-state index contributed by atoms with van der Waals surface area (Å²) >= 11 is 0. The normalized spacial score (nSPS) is 10.9. The monoisotopic (exact) mass is 342 g/mol. The van der Waals surface area contributed by atoms with Gasteiger partial charge >= 0.3 is 5.97 Å². The average molecular weight is 343 g/mol. The van der Waals surface area contributed by atoms with Crippen molar-refractivity contribution in [3.63, 3.8) is 0 Å². The first kappa shape index (κ1) is 23.4. The summed E-state index contributed by atoms with van der Waals surface area (Å²) in [5.74, 6) is -0.0849. The first-order chi connectivity index (χ1) is 11.8. The second kappa shape index (κ2) is 20.4. The fourth-order valence-corrected chi connectivity index (χ4v) is 2.74. The standard InChI is InChI=1S/C20H42N2O2/c1-2-3-4-5-6-7-8-9-10-11-12-13-19-24-20(23)15-18-22-17-14-16-21/h22H,2-19,21H2,1H3. The van der Waals surface area contributed by atoms with Crippen LogP contribution in [0.2, 0.25) is 0 Å². The number of carbonyl (C=O) groups is 1. The van der Waals surface area contributed by atoms with Crippen LogP contribution >= 0.6 is 0 Å². The first-order valence-corrected chi connectivity index (χ1v) is 10.4. The predicted molar refractivity (Wildman–Crippen MR) is 103 cm³/mol. The van der Waals surface area contributed by atoms with Gasteiger partial charge in [0.1, 0.15) is 0 Å². The van der Waals surface area contributed by atoms with Gasteiger partial charge in [0.25, 0.3) is 0 Å². The first-order valence-electron chi connectivity index (χ1n) is 10.4. The molecule has 144 valence electrons. The van der Waals surface area contributed by atoms with Crippen LogP contribution in [0.15, 0.2) is 0 Å². The zero-order valence-corrected chi connectivity index (χ0v) is 16.1. The van der Waals surface area contributed by atoms with E-state index in [1.807, 2.05) is 0 Å². The number of carbonyl (C=O) groups excluding carboxylic acids is 1. The number of hydrogen-bond donors (Lipinski definition) is 2. The fraction of sp³-hybridized carbons (Fsp3) is 0.950. The average Bonchev–Trinajstić information content (AvgIpc) is 2.59. The number of nitrogens with one attached hydrogen (secondary N) is 1. The number of esters is 1. The Kier molecular flexibility index (Phi) is 19.9. The van der Waals surface area contributed by atoms with Crippen LogP contribution in [0.3, 0.4) is 0 Å². The van der Waals surface area contributed by atoms with Crippen LogP contribution in [0.1, 0.15) is 96.8 Å². The van der Waals surface area contributed by atoms with Crippen LogP contribution in [0, 0.1) is 0 Å². The lowest BCUT2D eigenvalue weighted by molar-refractivity contribution is -0.143. The minimum absolute atomic E-state index is 0.0849. The molecule has 0 aliphatic carbocycles. The lowest BCUT2D eigenvalue weighted by Gasteiger charge is -2.06. The Labute approximate surface area is 150 Å². The third-order valence-electron chi connectivity index (χ3n) is 4.32. The van der Waals surface area contributed by atoms with Gasteiger partial charge in [-0.15, -0.1) is 0 Å². The van der Waals surface area contributed by atoms with Gasteiger partial charge in [0.05, 0.1) is 13.0 Å². The van der Waals surface area contributed by atoms with E-state index in [2.05, 4.69) is 12.2 Å². The summed E-state index contributed by atoms with van der Waals surface area (Å²) in [5, 5.41) is 3.19. The van der Waals surface area contributed by atoms with Crippen molar-refractivity contribution in [2.45, 2.75) is 96.8 Å². The van der Waals surface area contributed by atoms with Crippen molar-refractivity contribution in [2.24, 2.45) is 5.73 Å². The molecule has 0 saturated carbocycles. The van der Waals surface area contributed by atoms with E-state index in [0.29, 0.717) is 26.1 Å². The molecule has 0 amide bonds.